The first-order chi connectivity index (χ1) is 34.6. The van der Waals surface area contributed by atoms with Crippen molar-refractivity contribution in [3.8, 4) is 33.4 Å². The van der Waals surface area contributed by atoms with Crippen LogP contribution >= 0.6 is 0 Å². The van der Waals surface area contributed by atoms with Crippen molar-refractivity contribution in [3.05, 3.63) is 289 Å². The molecule has 0 N–H and O–H groups in total. The molecule has 10 aromatic carbocycles. The third-order valence-corrected chi connectivity index (χ3v) is 11.9. The van der Waals surface area contributed by atoms with E-state index in [-0.39, 0.29) is 70.8 Å². The van der Waals surface area contributed by atoms with Crippen LogP contribution in [0.15, 0.2) is 267 Å². The van der Waals surface area contributed by atoms with Gasteiger partial charge in [-0.25, -0.2) is 0 Å². The van der Waals surface area contributed by atoms with Gasteiger partial charge < -0.3 is 9.80 Å². The number of para-hydroxylation sites is 3. The average Bonchev–Trinajstić information content (AvgIpc) is 3.72. The van der Waals surface area contributed by atoms with Crippen molar-refractivity contribution in [2.75, 3.05) is 9.80 Å². The fourth-order valence-electron chi connectivity index (χ4n) is 9.04. The Morgan fingerprint density at radius 2 is 0.635 bits per heavy atom. The van der Waals surface area contributed by atoms with E-state index in [2.05, 4.69) is 84.9 Å². The van der Waals surface area contributed by atoms with E-state index < -0.39 is 5.41 Å². The van der Waals surface area contributed by atoms with Gasteiger partial charge in [0.15, 0.2) is 0 Å². The maximum atomic E-state index is 9.69. The first-order valence-corrected chi connectivity index (χ1v) is 21.0. The van der Waals surface area contributed by atoms with Crippen LogP contribution in [0, 0.1) is 0 Å². The van der Waals surface area contributed by atoms with Crippen LogP contribution < -0.4 is 9.80 Å². The van der Waals surface area contributed by atoms with Gasteiger partial charge in [-0.1, -0.05) is 194 Å². The van der Waals surface area contributed by atoms with E-state index in [1.807, 2.05) is 114 Å². The lowest BCUT2D eigenvalue weighted by Crippen LogP contribution is -2.28. The summed E-state index contributed by atoms with van der Waals surface area (Å²) < 4.78 is 75.4. The zero-order chi connectivity index (χ0) is 49.0. The number of nitrogens with zero attached hydrogens (tertiary/aromatic N) is 2. The molecule has 0 fully saturated rings. The molecule has 11 rings (SSSR count). The van der Waals surface area contributed by atoms with Gasteiger partial charge in [0.05, 0.1) is 16.4 Å². The minimum Gasteiger partial charge on any atom is -0.311 e. The van der Waals surface area contributed by atoms with Gasteiger partial charge in [0, 0.05) is 34.1 Å². The minimum absolute atomic E-state index is 0.0934. The van der Waals surface area contributed by atoms with Crippen LogP contribution in [0.1, 0.15) is 33.2 Å². The second-order valence-corrected chi connectivity index (χ2v) is 15.5. The van der Waals surface area contributed by atoms with E-state index in [9.17, 15) is 11.0 Å². The minimum atomic E-state index is -0.712. The summed E-state index contributed by atoms with van der Waals surface area (Å²) in [4.78, 5) is 3.55. The van der Waals surface area contributed by atoms with Gasteiger partial charge in [-0.15, -0.1) is 0 Å². The molecule has 0 atom stereocenters. The second-order valence-electron chi connectivity index (χ2n) is 15.5. The largest absolute Gasteiger partial charge is 0.311 e. The number of fused-ring (bicyclic) bond motifs is 3. The van der Waals surface area contributed by atoms with Crippen LogP contribution in [0.2, 0.25) is 0 Å². The molecule has 63 heavy (non-hydrogen) atoms. The van der Waals surface area contributed by atoms with Crippen LogP contribution in [0.25, 0.3) is 33.4 Å². The monoisotopic (exact) mass is 812 g/mol. The Kier molecular flexibility index (Phi) is 7.76. The van der Waals surface area contributed by atoms with Gasteiger partial charge in [-0.2, -0.15) is 0 Å². The Labute approximate surface area is 381 Å². The van der Waals surface area contributed by atoms with E-state index >= 15 is 0 Å². The first kappa shape index (κ1) is 29.9. The molecule has 2 nitrogen and oxygen atoms in total. The van der Waals surface area contributed by atoms with Crippen LogP contribution in [0.4, 0.5) is 34.1 Å². The molecule has 1 aliphatic carbocycles. The summed E-state index contributed by atoms with van der Waals surface area (Å²) in [5.74, 6) is 0. The summed E-state index contributed by atoms with van der Waals surface area (Å²) in [5.41, 5.74) is 9.72. The summed E-state index contributed by atoms with van der Waals surface area (Å²) in [6.07, 6.45) is 0. The fraction of sp³-hybridized carbons (Fsp3) is 0.0164. The van der Waals surface area contributed by atoms with Crippen LogP contribution in [-0.4, -0.2) is 0 Å². The van der Waals surface area contributed by atoms with E-state index in [1.165, 1.54) is 0 Å². The van der Waals surface area contributed by atoms with Gasteiger partial charge in [0.25, 0.3) is 0 Å². The Hall–Kier alpha value is -8.20. The summed E-state index contributed by atoms with van der Waals surface area (Å²) in [5, 5.41) is 0. The third-order valence-electron chi connectivity index (χ3n) is 11.9. The maximum absolute atomic E-state index is 9.69. The molecule has 298 valence electrons. The van der Waals surface area contributed by atoms with E-state index in [0.717, 1.165) is 33.4 Å². The Balaban J connectivity index is 1.02. The first-order valence-electron chi connectivity index (χ1n) is 25.0. The predicted molar refractivity (Wildman–Crippen MR) is 264 cm³/mol. The van der Waals surface area contributed by atoms with Crippen molar-refractivity contribution in [2.45, 2.75) is 5.41 Å². The topological polar surface area (TPSA) is 6.48 Å². The van der Waals surface area contributed by atoms with Gasteiger partial charge in [0.2, 0.25) is 0 Å². The lowest BCUT2D eigenvalue weighted by Gasteiger charge is -2.35. The van der Waals surface area contributed by atoms with Gasteiger partial charge in [-0.05, 0) is 128 Å². The van der Waals surface area contributed by atoms with Crippen molar-refractivity contribution in [1.82, 2.24) is 0 Å². The molecule has 2 heteroatoms. The molecule has 0 saturated carbocycles. The number of hydrogen-bond acceptors (Lipinski definition) is 2. The summed E-state index contributed by atoms with van der Waals surface area (Å²) >= 11 is 0. The van der Waals surface area contributed by atoms with Gasteiger partial charge >= 0.3 is 0 Å². The Bertz CT molecular complexity index is 3480. The molecule has 0 unspecified atom stereocenters. The highest BCUT2D eigenvalue weighted by Gasteiger charge is 2.46. The smallest absolute Gasteiger partial charge is 0.0714 e. The fourth-order valence-corrected chi connectivity index (χ4v) is 9.04. The molecule has 0 aliphatic heterocycles. The van der Waals surface area contributed by atoms with Crippen molar-refractivity contribution >= 4 is 34.1 Å². The standard InChI is InChI=1S/C61H44N2/c1-6-18-49(19-7-1)61(50-20-8-2-9-21-50)59-29-17-16-28-57(59)58-43-42-56(44-60(58)61)63(53-26-14-5-15-27-53)55-40-36-48(37-41-55)46-32-30-45(31-33-46)47-34-38-54(39-35-47)62(51-22-10-3-11-23-51)52-24-12-4-13-25-52/h1-44H/i34D,35D,36D,37D,38D,39D,40D,41D. The quantitative estimate of drug-likeness (QED) is 0.136. The van der Waals surface area contributed by atoms with Crippen molar-refractivity contribution in [2.24, 2.45) is 0 Å². The molecule has 1 aliphatic rings. The van der Waals surface area contributed by atoms with Crippen molar-refractivity contribution < 1.29 is 11.0 Å². The van der Waals surface area contributed by atoms with Crippen molar-refractivity contribution in [1.29, 1.82) is 0 Å². The molecule has 0 bridgehead atoms. The summed E-state index contributed by atoms with van der Waals surface area (Å²) in [6.45, 7) is 0. The Morgan fingerprint density at radius 3 is 1.08 bits per heavy atom. The Morgan fingerprint density at radius 1 is 0.270 bits per heavy atom. The normalized spacial score (nSPS) is 14.0. The molecule has 0 amide bonds. The van der Waals surface area contributed by atoms with Crippen LogP contribution in [-0.2, 0) is 5.41 Å². The number of anilines is 6. The number of benzene rings is 10. The lowest BCUT2D eigenvalue weighted by molar-refractivity contribution is 0.768. The molecule has 0 saturated heterocycles. The summed E-state index contributed by atoms with van der Waals surface area (Å²) in [7, 11) is 0. The zero-order valence-corrected chi connectivity index (χ0v) is 34.2. The lowest BCUT2D eigenvalue weighted by atomic mass is 9.67. The third kappa shape index (κ3) is 6.79. The average molecular weight is 813 g/mol. The highest BCUT2D eigenvalue weighted by atomic mass is 15.1. The van der Waals surface area contributed by atoms with Crippen molar-refractivity contribution in [3.63, 3.8) is 0 Å². The summed E-state index contributed by atoms with van der Waals surface area (Å²) in [6, 6.07) is 68.6. The molecule has 0 spiro atoms. The highest BCUT2D eigenvalue weighted by Crippen LogP contribution is 2.57. The molecule has 0 radical (unpaired) electrons. The maximum Gasteiger partial charge on any atom is 0.0714 e. The van der Waals surface area contributed by atoms with Gasteiger partial charge in [-0.3, -0.25) is 0 Å². The predicted octanol–water partition coefficient (Wildman–Crippen LogP) is 16.3. The molecular formula is C61H44N2. The molecule has 10 aromatic rings. The molecule has 0 heterocycles. The second kappa shape index (κ2) is 16.3. The van der Waals surface area contributed by atoms with Crippen LogP contribution in [0.3, 0.4) is 0 Å². The highest BCUT2D eigenvalue weighted by molar-refractivity contribution is 5.90. The van der Waals surface area contributed by atoms with E-state index in [4.69, 9.17) is 0 Å². The number of rotatable bonds is 10. The SMILES string of the molecule is [2H]c1c([2H])c(N(c2ccccc2)c2ccccc2)c([2H])c([2H])c1-c1ccc(-c2c([2H])c([2H])c(N(c3ccccc3)c3ccc4c(c3)C(c3ccccc3)(c3ccccc3)c3ccccc3-4)c([2H])c2[2H])cc1. The zero-order valence-electron chi connectivity index (χ0n) is 42.2. The van der Waals surface area contributed by atoms with E-state index in [1.54, 1.807) is 29.2 Å². The van der Waals surface area contributed by atoms with Gasteiger partial charge in [0.1, 0.15) is 0 Å². The van der Waals surface area contributed by atoms with E-state index in [0.29, 0.717) is 33.9 Å². The van der Waals surface area contributed by atoms with Crippen LogP contribution in [0.5, 0.6) is 0 Å². The molecular weight excluding hydrogens is 761 g/mol. The molecule has 0 aromatic heterocycles. The number of hydrogen-bond donors (Lipinski definition) is 0.